The Hall–Kier alpha value is -1.30. The fraction of sp³-hybridized carbons (Fsp3) is 0.529. The van der Waals surface area contributed by atoms with Crippen LogP contribution in [0.1, 0.15) is 31.1 Å². The average Bonchev–Trinajstić information content (AvgIpc) is 2.45. The fourth-order valence-electron chi connectivity index (χ4n) is 1.73. The summed E-state index contributed by atoms with van der Waals surface area (Å²) in [6.07, 6.45) is 0.310. The number of hydrogen-bond donors (Lipinski definition) is 1. The average molecular weight is 321 g/mol. The van der Waals surface area contributed by atoms with Crippen molar-refractivity contribution in [1.82, 2.24) is 5.32 Å². The highest BCUT2D eigenvalue weighted by Gasteiger charge is 2.39. The van der Waals surface area contributed by atoms with E-state index >= 15 is 0 Å². The molecule has 0 radical (unpaired) electrons. The lowest BCUT2D eigenvalue weighted by Crippen LogP contribution is -2.47. The van der Waals surface area contributed by atoms with E-state index in [4.69, 9.17) is 4.43 Å². The Bertz CT molecular complexity index is 494. The maximum atomic E-state index is 12.0. The van der Waals surface area contributed by atoms with Crippen LogP contribution in [0.25, 0.3) is 0 Å². The minimum Gasteiger partial charge on any atom is -0.406 e. The van der Waals surface area contributed by atoms with Crippen LogP contribution in [0.4, 0.5) is 0 Å². The summed E-state index contributed by atoms with van der Waals surface area (Å²) in [5.41, 5.74) is 0.669. The van der Waals surface area contributed by atoms with Gasteiger partial charge in [-0.05, 0) is 18.1 Å². The molecule has 4 nitrogen and oxygen atoms in total. The topological polar surface area (TPSA) is 55.4 Å². The zero-order valence-electron chi connectivity index (χ0n) is 14.2. The Labute approximate surface area is 134 Å². The molecule has 0 spiro atoms. The van der Waals surface area contributed by atoms with Crippen LogP contribution in [-0.2, 0) is 9.22 Å². The molecule has 0 aliphatic rings. The molecule has 0 aromatic heterocycles. The van der Waals surface area contributed by atoms with Crippen molar-refractivity contribution in [2.24, 2.45) is 0 Å². The van der Waals surface area contributed by atoms with Crippen molar-refractivity contribution < 1.29 is 14.0 Å². The van der Waals surface area contributed by atoms with Crippen LogP contribution in [-0.4, -0.2) is 39.6 Å². The first kappa shape index (κ1) is 18.7. The lowest BCUT2D eigenvalue weighted by Gasteiger charge is -2.38. The molecule has 1 rings (SSSR count). The van der Waals surface area contributed by atoms with Gasteiger partial charge in [-0.1, -0.05) is 51.1 Å². The molecular formula is C17H27NO3Si. The van der Waals surface area contributed by atoms with Crippen molar-refractivity contribution in [2.45, 2.75) is 45.0 Å². The monoisotopic (exact) mass is 321 g/mol. The van der Waals surface area contributed by atoms with E-state index in [-0.39, 0.29) is 17.4 Å². The van der Waals surface area contributed by atoms with Gasteiger partial charge in [0, 0.05) is 12.1 Å². The highest BCUT2D eigenvalue weighted by Crippen LogP contribution is 2.37. The first-order valence-corrected chi connectivity index (χ1v) is 10.5. The van der Waals surface area contributed by atoms with Crippen LogP contribution in [0.5, 0.6) is 0 Å². The summed E-state index contributed by atoms with van der Waals surface area (Å²) >= 11 is 0. The molecule has 0 amide bonds. The molecule has 1 aromatic rings. The molecule has 0 fully saturated rings. The normalized spacial score (nSPS) is 13.7. The van der Waals surface area contributed by atoms with Crippen molar-refractivity contribution in [3.63, 3.8) is 0 Å². The minimum absolute atomic E-state index is 0.0116. The molecule has 0 aliphatic heterocycles. The van der Waals surface area contributed by atoms with Gasteiger partial charge in [0.2, 0.25) is 0 Å². The van der Waals surface area contributed by atoms with Crippen molar-refractivity contribution in [1.29, 1.82) is 0 Å². The molecule has 0 aliphatic carbocycles. The third-order valence-electron chi connectivity index (χ3n) is 4.13. The SMILES string of the molecule is CC(C)(C)[Si](C)(C)OC(C=O)CNCC(=O)c1ccccc1. The van der Waals surface area contributed by atoms with Gasteiger partial charge in [-0.25, -0.2) is 0 Å². The molecule has 1 N–H and O–H groups in total. The molecule has 0 heterocycles. The quantitative estimate of drug-likeness (QED) is 0.454. The Morgan fingerprint density at radius 3 is 2.36 bits per heavy atom. The molecule has 1 aromatic carbocycles. The summed E-state index contributed by atoms with van der Waals surface area (Å²) in [5, 5.41) is 3.07. The third kappa shape index (κ3) is 5.48. The first-order valence-electron chi connectivity index (χ1n) is 7.59. The van der Waals surface area contributed by atoms with Gasteiger partial charge in [-0.15, -0.1) is 0 Å². The standard InChI is InChI=1S/C17H27NO3Si/c1-17(2,3)22(4,5)21-15(13-19)11-18-12-16(20)14-9-7-6-8-10-14/h6-10,13,15,18H,11-12H2,1-5H3. The highest BCUT2D eigenvalue weighted by molar-refractivity contribution is 6.74. The van der Waals surface area contributed by atoms with Gasteiger partial charge in [0.1, 0.15) is 12.4 Å². The summed E-state index contributed by atoms with van der Waals surface area (Å²) in [7, 11) is -1.99. The summed E-state index contributed by atoms with van der Waals surface area (Å²) in [6.45, 7) is 11.2. The fourth-order valence-corrected chi connectivity index (χ4v) is 2.98. The number of carbonyl (C=O) groups is 2. The smallest absolute Gasteiger partial charge is 0.193 e. The van der Waals surface area contributed by atoms with Crippen LogP contribution in [0.3, 0.4) is 0 Å². The molecule has 1 unspecified atom stereocenters. The van der Waals surface area contributed by atoms with Crippen LogP contribution in [0, 0.1) is 0 Å². The number of rotatable bonds is 8. The second-order valence-electron chi connectivity index (χ2n) is 6.97. The maximum absolute atomic E-state index is 12.0. The third-order valence-corrected chi connectivity index (χ3v) is 8.64. The second-order valence-corrected chi connectivity index (χ2v) is 11.7. The highest BCUT2D eigenvalue weighted by atomic mass is 28.4. The van der Waals surface area contributed by atoms with E-state index in [2.05, 4.69) is 39.2 Å². The van der Waals surface area contributed by atoms with E-state index in [0.717, 1.165) is 6.29 Å². The van der Waals surface area contributed by atoms with E-state index in [1.807, 2.05) is 18.2 Å². The number of aldehydes is 1. The van der Waals surface area contributed by atoms with E-state index in [1.54, 1.807) is 12.1 Å². The van der Waals surface area contributed by atoms with Crippen LogP contribution >= 0.6 is 0 Å². The van der Waals surface area contributed by atoms with Gasteiger partial charge in [0.05, 0.1) is 6.54 Å². The Morgan fingerprint density at radius 1 is 1.27 bits per heavy atom. The Balaban J connectivity index is 2.48. The number of hydrogen-bond acceptors (Lipinski definition) is 4. The molecule has 0 saturated carbocycles. The van der Waals surface area contributed by atoms with Gasteiger partial charge >= 0.3 is 0 Å². The van der Waals surface area contributed by atoms with Gasteiger partial charge in [-0.2, -0.15) is 0 Å². The van der Waals surface area contributed by atoms with Gasteiger partial charge < -0.3 is 14.5 Å². The maximum Gasteiger partial charge on any atom is 0.193 e. The zero-order chi connectivity index (χ0) is 16.8. The van der Waals surface area contributed by atoms with Crippen LogP contribution in [0.2, 0.25) is 18.1 Å². The summed E-state index contributed by atoms with van der Waals surface area (Å²) in [5.74, 6) is 0.0116. The Kier molecular flexibility index (Phi) is 6.65. The first-order chi connectivity index (χ1) is 10.2. The van der Waals surface area contributed by atoms with Crippen molar-refractivity contribution in [3.8, 4) is 0 Å². The number of benzene rings is 1. The number of ketones is 1. The van der Waals surface area contributed by atoms with E-state index < -0.39 is 14.4 Å². The van der Waals surface area contributed by atoms with Gasteiger partial charge in [0.15, 0.2) is 14.1 Å². The van der Waals surface area contributed by atoms with Gasteiger partial charge in [-0.3, -0.25) is 4.79 Å². The Morgan fingerprint density at radius 2 is 1.86 bits per heavy atom. The predicted molar refractivity (Wildman–Crippen MR) is 91.8 cm³/mol. The summed E-state index contributed by atoms with van der Waals surface area (Å²) in [6, 6.07) is 9.12. The van der Waals surface area contributed by atoms with E-state index in [9.17, 15) is 9.59 Å². The van der Waals surface area contributed by atoms with Crippen molar-refractivity contribution in [2.75, 3.05) is 13.1 Å². The van der Waals surface area contributed by atoms with E-state index in [1.165, 1.54) is 0 Å². The lowest BCUT2D eigenvalue weighted by molar-refractivity contribution is -0.114. The van der Waals surface area contributed by atoms with E-state index in [0.29, 0.717) is 12.1 Å². The predicted octanol–water partition coefficient (Wildman–Crippen LogP) is 3.05. The van der Waals surface area contributed by atoms with Gasteiger partial charge in [0.25, 0.3) is 0 Å². The van der Waals surface area contributed by atoms with Crippen molar-refractivity contribution in [3.05, 3.63) is 35.9 Å². The number of Topliss-reactive ketones (excluding diaryl/α,β-unsaturated/α-hetero) is 1. The lowest BCUT2D eigenvalue weighted by atomic mass is 10.1. The number of carbonyl (C=O) groups excluding carboxylic acids is 2. The molecule has 5 heteroatoms. The molecular weight excluding hydrogens is 294 g/mol. The zero-order valence-corrected chi connectivity index (χ0v) is 15.2. The molecule has 1 atom stereocenters. The molecule has 0 saturated heterocycles. The van der Waals surface area contributed by atoms with Crippen LogP contribution in [0.15, 0.2) is 30.3 Å². The summed E-state index contributed by atoms with van der Waals surface area (Å²) < 4.78 is 6.04. The minimum atomic E-state index is -1.99. The largest absolute Gasteiger partial charge is 0.406 e. The molecule has 122 valence electrons. The van der Waals surface area contributed by atoms with Crippen molar-refractivity contribution >= 4 is 20.4 Å². The summed E-state index contributed by atoms with van der Waals surface area (Å²) in [4.78, 5) is 23.2. The molecule has 0 bridgehead atoms. The number of nitrogens with one attached hydrogen (secondary N) is 1. The van der Waals surface area contributed by atoms with Crippen LogP contribution < -0.4 is 5.32 Å². The second kappa shape index (κ2) is 7.81. The molecule has 22 heavy (non-hydrogen) atoms.